The fourth-order valence-electron chi connectivity index (χ4n) is 3.23. The molecule has 2 aromatic carbocycles. The number of nitrogens with one attached hydrogen (secondary N) is 2. The Morgan fingerprint density at radius 2 is 2.00 bits per heavy atom. The van der Waals surface area contributed by atoms with Gasteiger partial charge in [-0.3, -0.25) is 4.79 Å². The molecule has 2 N–H and O–H groups in total. The first-order valence-corrected chi connectivity index (χ1v) is 9.94. The van der Waals surface area contributed by atoms with Crippen LogP contribution >= 0.6 is 0 Å². The van der Waals surface area contributed by atoms with E-state index in [1.54, 1.807) is 19.2 Å². The average molecular weight is 374 g/mol. The molecular formula is C19H22N2O4S. The molecule has 0 aliphatic heterocycles. The summed E-state index contributed by atoms with van der Waals surface area (Å²) in [6.07, 6.45) is 2.77. The normalized spacial score (nSPS) is 16.6. The third-order valence-electron chi connectivity index (χ3n) is 4.65. The summed E-state index contributed by atoms with van der Waals surface area (Å²) in [7, 11) is -0.610. The number of ether oxygens (including phenoxy) is 1. The van der Waals surface area contributed by atoms with Gasteiger partial charge in [0.25, 0.3) is 5.91 Å². The van der Waals surface area contributed by atoms with Crippen LogP contribution in [-0.4, -0.2) is 28.5 Å². The maximum Gasteiger partial charge on any atom is 0.251 e. The highest BCUT2D eigenvalue weighted by Gasteiger charge is 2.23. The Labute approximate surface area is 153 Å². The number of carbonyl (C=O) groups excluding carboxylic acids is 1. The second-order valence-electron chi connectivity index (χ2n) is 6.22. The first-order chi connectivity index (χ1) is 12.4. The molecular weight excluding hydrogens is 352 g/mol. The highest BCUT2D eigenvalue weighted by molar-refractivity contribution is 7.89. The summed E-state index contributed by atoms with van der Waals surface area (Å²) in [5.74, 6) is 0.521. The minimum Gasteiger partial charge on any atom is -0.497 e. The van der Waals surface area contributed by atoms with E-state index in [1.807, 2.05) is 18.2 Å². The summed E-state index contributed by atoms with van der Waals surface area (Å²) < 4.78 is 31.4. The number of fused-ring (bicyclic) bond motifs is 1. The number of aryl methyl sites for hydroxylation is 1. The molecule has 0 saturated heterocycles. The molecule has 1 aliphatic rings. The van der Waals surface area contributed by atoms with Crippen molar-refractivity contribution in [2.75, 3.05) is 14.2 Å². The molecule has 0 radical (unpaired) electrons. The largest absolute Gasteiger partial charge is 0.497 e. The van der Waals surface area contributed by atoms with Gasteiger partial charge in [0.2, 0.25) is 10.0 Å². The van der Waals surface area contributed by atoms with E-state index in [0.29, 0.717) is 5.56 Å². The molecule has 0 saturated carbocycles. The standard InChI is InChI=1S/C19H22N2O4S/c1-20-26(23,24)16-7-3-6-14(12-16)19(22)21-18-8-4-5-13-11-15(25-2)9-10-17(13)18/h3,6-7,9-12,18,20H,4-5,8H2,1-2H3,(H,21,22)/t18-/m1/s1. The molecule has 0 spiro atoms. The van der Waals surface area contributed by atoms with Gasteiger partial charge in [-0.25, -0.2) is 13.1 Å². The van der Waals surface area contributed by atoms with Crippen molar-refractivity contribution in [2.45, 2.75) is 30.2 Å². The Morgan fingerprint density at radius 3 is 2.73 bits per heavy atom. The molecule has 7 heteroatoms. The smallest absolute Gasteiger partial charge is 0.251 e. The van der Waals surface area contributed by atoms with Crippen LogP contribution in [0.3, 0.4) is 0 Å². The van der Waals surface area contributed by atoms with Crippen LogP contribution in [0.5, 0.6) is 5.75 Å². The van der Waals surface area contributed by atoms with Crippen LogP contribution in [0.25, 0.3) is 0 Å². The van der Waals surface area contributed by atoms with Crippen molar-refractivity contribution in [3.05, 3.63) is 59.2 Å². The third kappa shape index (κ3) is 3.73. The van der Waals surface area contributed by atoms with Crippen molar-refractivity contribution >= 4 is 15.9 Å². The van der Waals surface area contributed by atoms with Crippen LogP contribution < -0.4 is 14.8 Å². The Morgan fingerprint density at radius 1 is 1.19 bits per heavy atom. The molecule has 3 rings (SSSR count). The number of benzene rings is 2. The molecule has 0 bridgehead atoms. The van der Waals surface area contributed by atoms with E-state index in [1.165, 1.54) is 24.7 Å². The van der Waals surface area contributed by atoms with Crippen LogP contribution in [-0.2, 0) is 16.4 Å². The zero-order chi connectivity index (χ0) is 18.7. The van der Waals surface area contributed by atoms with Gasteiger partial charge in [-0.2, -0.15) is 0 Å². The Balaban J connectivity index is 1.83. The van der Waals surface area contributed by atoms with E-state index < -0.39 is 10.0 Å². The maximum absolute atomic E-state index is 12.7. The van der Waals surface area contributed by atoms with Crippen molar-refractivity contribution < 1.29 is 17.9 Å². The average Bonchev–Trinajstić information content (AvgIpc) is 2.67. The minimum atomic E-state index is -3.59. The second kappa shape index (κ2) is 7.47. The number of hydrogen-bond donors (Lipinski definition) is 2. The van der Waals surface area contributed by atoms with Crippen LogP contribution in [0, 0.1) is 0 Å². The first-order valence-electron chi connectivity index (χ1n) is 8.46. The minimum absolute atomic E-state index is 0.0708. The summed E-state index contributed by atoms with van der Waals surface area (Å²) in [5, 5.41) is 3.03. The van der Waals surface area contributed by atoms with Gasteiger partial charge in [-0.1, -0.05) is 12.1 Å². The molecule has 26 heavy (non-hydrogen) atoms. The summed E-state index contributed by atoms with van der Waals surface area (Å²) in [4.78, 5) is 12.7. The molecule has 0 unspecified atom stereocenters. The van der Waals surface area contributed by atoms with Crippen LogP contribution in [0.2, 0.25) is 0 Å². The van der Waals surface area contributed by atoms with Gasteiger partial charge in [0.1, 0.15) is 5.75 Å². The Kier molecular flexibility index (Phi) is 5.29. The number of rotatable bonds is 5. The van der Waals surface area contributed by atoms with Gasteiger partial charge in [-0.15, -0.1) is 0 Å². The molecule has 0 fully saturated rings. The monoisotopic (exact) mass is 374 g/mol. The van der Waals surface area contributed by atoms with Gasteiger partial charge in [0.05, 0.1) is 18.0 Å². The van der Waals surface area contributed by atoms with E-state index in [2.05, 4.69) is 10.0 Å². The zero-order valence-electron chi connectivity index (χ0n) is 14.8. The molecule has 138 valence electrons. The number of methoxy groups -OCH3 is 1. The second-order valence-corrected chi connectivity index (χ2v) is 8.10. The summed E-state index contributed by atoms with van der Waals surface area (Å²) >= 11 is 0. The van der Waals surface area contributed by atoms with Crippen molar-refractivity contribution in [2.24, 2.45) is 0 Å². The van der Waals surface area contributed by atoms with Gasteiger partial charge < -0.3 is 10.1 Å². The number of sulfonamides is 1. The summed E-state index contributed by atoms with van der Waals surface area (Å²) in [6, 6.07) is 11.8. The molecule has 2 aromatic rings. The van der Waals surface area contributed by atoms with Gasteiger partial charge >= 0.3 is 0 Å². The van der Waals surface area contributed by atoms with Crippen molar-refractivity contribution in [1.82, 2.24) is 10.0 Å². The van der Waals surface area contributed by atoms with Crippen molar-refractivity contribution in [3.63, 3.8) is 0 Å². The zero-order valence-corrected chi connectivity index (χ0v) is 15.6. The predicted molar refractivity (Wildman–Crippen MR) is 98.8 cm³/mol. The highest BCUT2D eigenvalue weighted by atomic mass is 32.2. The lowest BCUT2D eigenvalue weighted by molar-refractivity contribution is 0.0932. The summed E-state index contributed by atoms with van der Waals surface area (Å²) in [6.45, 7) is 0. The molecule has 0 aromatic heterocycles. The third-order valence-corrected chi connectivity index (χ3v) is 6.06. The number of hydrogen-bond acceptors (Lipinski definition) is 4. The van der Waals surface area contributed by atoms with Crippen LogP contribution in [0.15, 0.2) is 47.4 Å². The topological polar surface area (TPSA) is 84.5 Å². The Hall–Kier alpha value is -2.38. The molecule has 1 atom stereocenters. The van der Waals surface area contributed by atoms with E-state index >= 15 is 0 Å². The quantitative estimate of drug-likeness (QED) is 0.842. The van der Waals surface area contributed by atoms with Crippen LogP contribution in [0.1, 0.15) is 40.4 Å². The van der Waals surface area contributed by atoms with Gasteiger partial charge in [0.15, 0.2) is 0 Å². The van der Waals surface area contributed by atoms with Crippen molar-refractivity contribution in [1.29, 1.82) is 0 Å². The van der Waals surface area contributed by atoms with E-state index in [4.69, 9.17) is 4.74 Å². The summed E-state index contributed by atoms with van der Waals surface area (Å²) in [5.41, 5.74) is 2.58. The predicted octanol–water partition coefficient (Wildman–Crippen LogP) is 2.41. The van der Waals surface area contributed by atoms with Gasteiger partial charge in [0, 0.05) is 5.56 Å². The van der Waals surface area contributed by atoms with E-state index in [0.717, 1.165) is 30.6 Å². The number of amides is 1. The fraction of sp³-hybridized carbons (Fsp3) is 0.316. The highest BCUT2D eigenvalue weighted by Crippen LogP contribution is 2.32. The van der Waals surface area contributed by atoms with Crippen molar-refractivity contribution in [3.8, 4) is 5.75 Å². The maximum atomic E-state index is 12.7. The Bertz CT molecular complexity index is 925. The van der Waals surface area contributed by atoms with Crippen LogP contribution in [0.4, 0.5) is 0 Å². The fourth-order valence-corrected chi connectivity index (χ4v) is 4.01. The lowest BCUT2D eigenvalue weighted by atomic mass is 9.87. The first kappa shape index (κ1) is 18.4. The molecule has 1 amide bonds. The van der Waals surface area contributed by atoms with Gasteiger partial charge in [-0.05, 0) is 67.8 Å². The molecule has 0 heterocycles. The van der Waals surface area contributed by atoms with E-state index in [9.17, 15) is 13.2 Å². The SMILES string of the molecule is CNS(=O)(=O)c1cccc(C(=O)N[C@@H]2CCCc3cc(OC)ccc32)c1. The number of carbonyl (C=O) groups is 1. The lowest BCUT2D eigenvalue weighted by Crippen LogP contribution is -2.31. The lowest BCUT2D eigenvalue weighted by Gasteiger charge is -2.27. The van der Waals surface area contributed by atoms with E-state index in [-0.39, 0.29) is 16.8 Å². The molecule has 6 nitrogen and oxygen atoms in total. The molecule has 1 aliphatic carbocycles.